The van der Waals surface area contributed by atoms with Crippen LogP contribution in [0.5, 0.6) is 0 Å². The molecular weight excluding hydrogens is 450 g/mol. The van der Waals surface area contributed by atoms with Crippen molar-refractivity contribution in [3.05, 3.63) is 71.4 Å². The van der Waals surface area contributed by atoms with E-state index in [1.807, 2.05) is 27.5 Å². The second-order valence-corrected chi connectivity index (χ2v) is 10.2. The van der Waals surface area contributed by atoms with Gasteiger partial charge in [-0.05, 0) is 37.5 Å². The SMILES string of the molecule is Cc1ccc(-c2csc3ncn4c(SCC(=O)N5c6ccccc6C[C@@H]5C)nnc4c23)cc1. The summed E-state index contributed by atoms with van der Waals surface area (Å²) in [5.41, 5.74) is 6.48. The van der Waals surface area contributed by atoms with Crippen molar-refractivity contribution in [2.75, 3.05) is 10.7 Å². The molecule has 164 valence electrons. The monoisotopic (exact) mass is 471 g/mol. The van der Waals surface area contributed by atoms with Crippen molar-refractivity contribution in [3.63, 3.8) is 0 Å². The molecule has 2 aromatic carbocycles. The van der Waals surface area contributed by atoms with Gasteiger partial charge in [-0.15, -0.1) is 21.5 Å². The molecule has 0 fully saturated rings. The van der Waals surface area contributed by atoms with E-state index in [4.69, 9.17) is 0 Å². The van der Waals surface area contributed by atoms with Crippen LogP contribution in [0, 0.1) is 6.92 Å². The Morgan fingerprint density at radius 2 is 1.97 bits per heavy atom. The molecule has 6 rings (SSSR count). The molecule has 0 saturated carbocycles. The molecule has 0 spiro atoms. The fourth-order valence-corrected chi connectivity index (χ4v) is 6.18. The molecule has 33 heavy (non-hydrogen) atoms. The number of benzene rings is 2. The van der Waals surface area contributed by atoms with E-state index in [9.17, 15) is 4.79 Å². The van der Waals surface area contributed by atoms with Gasteiger partial charge in [0.1, 0.15) is 11.2 Å². The van der Waals surface area contributed by atoms with Gasteiger partial charge in [0.2, 0.25) is 5.91 Å². The largest absolute Gasteiger partial charge is 0.308 e. The molecule has 1 amide bonds. The number of anilines is 1. The maximum absolute atomic E-state index is 13.1. The van der Waals surface area contributed by atoms with Crippen molar-refractivity contribution in [2.24, 2.45) is 0 Å². The van der Waals surface area contributed by atoms with Crippen LogP contribution in [-0.2, 0) is 11.2 Å². The molecular formula is C25H21N5OS2. The normalized spacial score (nSPS) is 15.5. The van der Waals surface area contributed by atoms with Crippen LogP contribution < -0.4 is 4.90 Å². The Labute approximate surface area is 199 Å². The lowest BCUT2D eigenvalue weighted by Crippen LogP contribution is -2.37. The highest BCUT2D eigenvalue weighted by molar-refractivity contribution is 7.99. The van der Waals surface area contributed by atoms with E-state index >= 15 is 0 Å². The molecule has 4 heterocycles. The van der Waals surface area contributed by atoms with Gasteiger partial charge in [0.15, 0.2) is 10.8 Å². The first-order valence-corrected chi connectivity index (χ1v) is 12.7. The summed E-state index contributed by atoms with van der Waals surface area (Å²) in [6.45, 7) is 4.18. The molecule has 0 radical (unpaired) electrons. The number of hydrogen-bond donors (Lipinski definition) is 0. The zero-order valence-electron chi connectivity index (χ0n) is 18.2. The van der Waals surface area contributed by atoms with Gasteiger partial charge in [0.25, 0.3) is 0 Å². The van der Waals surface area contributed by atoms with E-state index in [0.29, 0.717) is 10.9 Å². The molecule has 0 bridgehead atoms. The fourth-order valence-electron chi connectivity index (χ4n) is 4.51. The van der Waals surface area contributed by atoms with E-state index in [1.165, 1.54) is 22.9 Å². The first-order valence-electron chi connectivity index (χ1n) is 10.8. The molecule has 3 aromatic heterocycles. The molecule has 5 aromatic rings. The Hall–Kier alpha value is -3.23. The highest BCUT2D eigenvalue weighted by Crippen LogP contribution is 2.36. The number of hydrogen-bond acceptors (Lipinski definition) is 6. The lowest BCUT2D eigenvalue weighted by molar-refractivity contribution is -0.116. The summed E-state index contributed by atoms with van der Waals surface area (Å²) in [4.78, 5) is 20.6. The third kappa shape index (κ3) is 3.41. The smallest absolute Gasteiger partial charge is 0.237 e. The third-order valence-electron chi connectivity index (χ3n) is 6.11. The number of rotatable bonds is 4. The average Bonchev–Trinajstić information content (AvgIpc) is 3.52. The van der Waals surface area contributed by atoms with Crippen LogP contribution in [0.15, 0.2) is 65.4 Å². The summed E-state index contributed by atoms with van der Waals surface area (Å²) in [6.07, 6.45) is 2.65. The van der Waals surface area contributed by atoms with Crippen molar-refractivity contribution in [2.45, 2.75) is 31.5 Å². The lowest BCUT2D eigenvalue weighted by atomic mass is 10.0. The molecule has 0 saturated heterocycles. The number of nitrogens with zero attached hydrogens (tertiary/aromatic N) is 5. The second-order valence-electron chi connectivity index (χ2n) is 8.35. The van der Waals surface area contributed by atoms with Crippen LogP contribution in [0.4, 0.5) is 5.69 Å². The number of thioether (sulfide) groups is 1. The predicted molar refractivity (Wildman–Crippen MR) is 134 cm³/mol. The highest BCUT2D eigenvalue weighted by Gasteiger charge is 2.30. The topological polar surface area (TPSA) is 63.4 Å². The van der Waals surface area contributed by atoms with Gasteiger partial charge < -0.3 is 4.90 Å². The van der Waals surface area contributed by atoms with Gasteiger partial charge in [0.05, 0.1) is 11.1 Å². The van der Waals surface area contributed by atoms with Crippen molar-refractivity contribution in [1.29, 1.82) is 0 Å². The van der Waals surface area contributed by atoms with Crippen molar-refractivity contribution >= 4 is 50.6 Å². The van der Waals surface area contributed by atoms with Crippen LogP contribution in [0.2, 0.25) is 0 Å². The second kappa shape index (κ2) is 7.97. The number of aromatic nitrogens is 4. The Morgan fingerprint density at radius 1 is 1.15 bits per heavy atom. The zero-order chi connectivity index (χ0) is 22.5. The van der Waals surface area contributed by atoms with Gasteiger partial charge in [0, 0.05) is 22.7 Å². The average molecular weight is 472 g/mol. The van der Waals surface area contributed by atoms with Crippen molar-refractivity contribution in [1.82, 2.24) is 19.6 Å². The molecule has 1 aliphatic rings. The summed E-state index contributed by atoms with van der Waals surface area (Å²) < 4.78 is 1.89. The van der Waals surface area contributed by atoms with E-state index in [2.05, 4.69) is 64.7 Å². The van der Waals surface area contributed by atoms with Crippen LogP contribution in [0.1, 0.15) is 18.1 Å². The Balaban J connectivity index is 1.31. The molecule has 0 unspecified atom stereocenters. The van der Waals surface area contributed by atoms with Gasteiger partial charge in [-0.25, -0.2) is 4.98 Å². The Bertz CT molecular complexity index is 1500. The summed E-state index contributed by atoms with van der Waals surface area (Å²) in [5.74, 6) is 0.380. The molecule has 6 nitrogen and oxygen atoms in total. The van der Waals surface area contributed by atoms with Crippen LogP contribution in [0.25, 0.3) is 27.0 Å². The van der Waals surface area contributed by atoms with Crippen LogP contribution >= 0.6 is 23.1 Å². The van der Waals surface area contributed by atoms with Gasteiger partial charge in [-0.3, -0.25) is 9.20 Å². The van der Waals surface area contributed by atoms with Crippen LogP contribution in [-0.4, -0.2) is 37.3 Å². The summed E-state index contributed by atoms with van der Waals surface area (Å²) in [7, 11) is 0. The molecule has 1 atom stereocenters. The van der Waals surface area contributed by atoms with Gasteiger partial charge in [-0.1, -0.05) is 59.8 Å². The minimum atomic E-state index is 0.0825. The number of aryl methyl sites for hydroxylation is 1. The maximum Gasteiger partial charge on any atom is 0.237 e. The maximum atomic E-state index is 13.1. The quantitative estimate of drug-likeness (QED) is 0.329. The molecule has 0 N–H and O–H groups in total. The third-order valence-corrected chi connectivity index (χ3v) is 7.93. The summed E-state index contributed by atoms with van der Waals surface area (Å²) >= 11 is 3.01. The van der Waals surface area contributed by atoms with E-state index < -0.39 is 0 Å². The van der Waals surface area contributed by atoms with Gasteiger partial charge in [-0.2, -0.15) is 0 Å². The molecule has 0 aliphatic carbocycles. The van der Waals surface area contributed by atoms with Crippen molar-refractivity contribution < 1.29 is 4.79 Å². The number of amides is 1. The first kappa shape index (κ1) is 20.4. The Morgan fingerprint density at radius 3 is 2.82 bits per heavy atom. The van der Waals surface area contributed by atoms with Gasteiger partial charge >= 0.3 is 0 Å². The van der Waals surface area contributed by atoms with E-state index in [0.717, 1.165) is 39.1 Å². The summed E-state index contributed by atoms with van der Waals surface area (Å²) in [5, 5.41) is 12.7. The molecule has 1 aliphatic heterocycles. The fraction of sp³-hybridized carbons (Fsp3) is 0.200. The number of thiophene rings is 1. The number of fused-ring (bicyclic) bond motifs is 4. The lowest BCUT2D eigenvalue weighted by Gasteiger charge is -2.22. The number of para-hydroxylation sites is 1. The van der Waals surface area contributed by atoms with E-state index in [-0.39, 0.29) is 11.9 Å². The molecule has 8 heteroatoms. The van der Waals surface area contributed by atoms with Crippen molar-refractivity contribution in [3.8, 4) is 11.1 Å². The number of carbonyl (C=O) groups excluding carboxylic acids is 1. The highest BCUT2D eigenvalue weighted by atomic mass is 32.2. The zero-order valence-corrected chi connectivity index (χ0v) is 19.9. The minimum Gasteiger partial charge on any atom is -0.308 e. The van der Waals surface area contributed by atoms with Crippen LogP contribution in [0.3, 0.4) is 0 Å². The summed E-state index contributed by atoms with van der Waals surface area (Å²) in [6, 6.07) is 16.8. The minimum absolute atomic E-state index is 0.0825. The predicted octanol–water partition coefficient (Wildman–Crippen LogP) is 5.38. The standard InChI is InChI=1S/C25H21N5OS2/c1-15-7-9-17(10-8-15)19-12-32-24-22(19)23-27-28-25(29(23)14-26-24)33-13-21(31)30-16(2)11-18-5-3-4-6-20(18)30/h3-10,12,14,16H,11,13H2,1-2H3/t16-/m0/s1. The number of carbonyl (C=O) groups is 1. The Kier molecular flexibility index (Phi) is 4.92. The van der Waals surface area contributed by atoms with E-state index in [1.54, 1.807) is 17.7 Å². The first-order chi connectivity index (χ1) is 16.1.